The van der Waals surface area contributed by atoms with Crippen molar-refractivity contribution in [2.45, 2.75) is 30.3 Å². The Kier molecular flexibility index (Phi) is 2.06. The molecule has 0 spiro atoms. The molecular formula is C12H15NS. The van der Waals surface area contributed by atoms with Crippen LogP contribution in [0.3, 0.4) is 0 Å². The summed E-state index contributed by atoms with van der Waals surface area (Å²) in [5, 5.41) is 3.74. The molecule has 1 aromatic carbocycles. The Morgan fingerprint density at radius 1 is 1.36 bits per heavy atom. The number of fused-ring (bicyclic) bond motifs is 1. The maximum atomic E-state index is 3.74. The van der Waals surface area contributed by atoms with E-state index in [1.54, 1.807) is 0 Å². The van der Waals surface area contributed by atoms with Crippen molar-refractivity contribution >= 4 is 11.8 Å². The normalized spacial score (nSPS) is 34.2. The molecule has 1 aliphatic carbocycles. The Bertz CT molecular complexity index is 350. The van der Waals surface area contributed by atoms with Gasteiger partial charge in [0, 0.05) is 22.7 Å². The molecule has 1 heterocycles. The number of rotatable bonds is 2. The van der Waals surface area contributed by atoms with Crippen LogP contribution in [0.5, 0.6) is 0 Å². The second-order valence-electron chi connectivity index (χ2n) is 4.39. The molecule has 1 aromatic rings. The topological polar surface area (TPSA) is 12.0 Å². The highest BCUT2D eigenvalue weighted by atomic mass is 32.2. The van der Waals surface area contributed by atoms with Gasteiger partial charge < -0.3 is 5.32 Å². The van der Waals surface area contributed by atoms with E-state index in [2.05, 4.69) is 36.5 Å². The first kappa shape index (κ1) is 8.81. The van der Waals surface area contributed by atoms with Gasteiger partial charge in [0.15, 0.2) is 0 Å². The van der Waals surface area contributed by atoms with Gasteiger partial charge in [-0.2, -0.15) is 0 Å². The number of benzene rings is 1. The summed E-state index contributed by atoms with van der Waals surface area (Å²) in [5.74, 6) is 2.11. The maximum absolute atomic E-state index is 3.74. The van der Waals surface area contributed by atoms with Gasteiger partial charge in [0.1, 0.15) is 0 Å². The fraction of sp³-hybridized carbons (Fsp3) is 0.500. The van der Waals surface area contributed by atoms with E-state index in [1.165, 1.54) is 22.6 Å². The molecule has 0 bridgehead atoms. The average Bonchev–Trinajstić information content (AvgIpc) is 2.75. The minimum absolute atomic E-state index is 0.603. The van der Waals surface area contributed by atoms with Gasteiger partial charge in [0.2, 0.25) is 0 Å². The Hall–Kier alpha value is -0.470. The van der Waals surface area contributed by atoms with Gasteiger partial charge in [0.25, 0.3) is 0 Å². The first-order valence-corrected chi connectivity index (χ1v) is 6.31. The third-order valence-corrected chi connectivity index (χ3v) is 4.41. The summed E-state index contributed by atoms with van der Waals surface area (Å²) in [6.45, 7) is 2.33. The van der Waals surface area contributed by atoms with Crippen molar-refractivity contribution < 1.29 is 0 Å². The predicted molar refractivity (Wildman–Crippen MR) is 60.6 cm³/mol. The fourth-order valence-electron chi connectivity index (χ4n) is 2.11. The molecule has 1 N–H and O–H groups in total. The third kappa shape index (κ3) is 1.47. The molecule has 2 heteroatoms. The summed E-state index contributed by atoms with van der Waals surface area (Å²) >= 11 is 1.98. The lowest BCUT2D eigenvalue weighted by Crippen LogP contribution is -2.24. The molecule has 3 rings (SSSR count). The van der Waals surface area contributed by atoms with Gasteiger partial charge in [-0.05, 0) is 24.0 Å². The molecular weight excluding hydrogens is 190 g/mol. The summed E-state index contributed by atoms with van der Waals surface area (Å²) in [6, 6.07) is 10.2. The van der Waals surface area contributed by atoms with Gasteiger partial charge in [-0.25, -0.2) is 0 Å². The predicted octanol–water partition coefficient (Wildman–Crippen LogP) is 2.83. The molecule has 1 saturated carbocycles. The molecule has 2 aliphatic rings. The quantitative estimate of drug-likeness (QED) is 0.797. The van der Waals surface area contributed by atoms with Crippen LogP contribution in [0.4, 0.5) is 0 Å². The van der Waals surface area contributed by atoms with Crippen LogP contribution >= 0.6 is 11.8 Å². The van der Waals surface area contributed by atoms with Crippen LogP contribution < -0.4 is 5.32 Å². The number of hydrogen-bond donors (Lipinski definition) is 1. The SMILES string of the molecule is CC1CC1NC1CSc2ccccc21. The Balaban J connectivity index is 1.77. The van der Waals surface area contributed by atoms with Crippen LogP contribution in [0.25, 0.3) is 0 Å². The molecule has 0 saturated heterocycles. The lowest BCUT2D eigenvalue weighted by Gasteiger charge is -2.12. The minimum atomic E-state index is 0.603. The maximum Gasteiger partial charge on any atom is 0.0428 e. The first-order chi connectivity index (χ1) is 6.84. The fourth-order valence-corrected chi connectivity index (χ4v) is 3.29. The van der Waals surface area contributed by atoms with Crippen molar-refractivity contribution in [3.63, 3.8) is 0 Å². The zero-order valence-corrected chi connectivity index (χ0v) is 9.18. The van der Waals surface area contributed by atoms with Crippen molar-refractivity contribution in [1.82, 2.24) is 5.32 Å². The summed E-state index contributed by atoms with van der Waals surface area (Å²) < 4.78 is 0. The smallest absolute Gasteiger partial charge is 0.0428 e. The molecule has 0 amide bonds. The van der Waals surface area contributed by atoms with Crippen molar-refractivity contribution in [3.8, 4) is 0 Å². The van der Waals surface area contributed by atoms with E-state index in [4.69, 9.17) is 0 Å². The van der Waals surface area contributed by atoms with Crippen LogP contribution in [-0.4, -0.2) is 11.8 Å². The lowest BCUT2D eigenvalue weighted by atomic mass is 10.1. The molecule has 74 valence electrons. The van der Waals surface area contributed by atoms with E-state index in [-0.39, 0.29) is 0 Å². The van der Waals surface area contributed by atoms with Crippen LogP contribution in [0, 0.1) is 5.92 Å². The molecule has 1 fully saturated rings. The van der Waals surface area contributed by atoms with Crippen LogP contribution in [0.15, 0.2) is 29.2 Å². The number of thioether (sulfide) groups is 1. The van der Waals surface area contributed by atoms with Crippen molar-refractivity contribution in [1.29, 1.82) is 0 Å². The summed E-state index contributed by atoms with van der Waals surface area (Å²) in [7, 11) is 0. The highest BCUT2D eigenvalue weighted by Gasteiger charge is 2.36. The monoisotopic (exact) mass is 205 g/mol. The average molecular weight is 205 g/mol. The Morgan fingerprint density at radius 2 is 2.14 bits per heavy atom. The van der Waals surface area contributed by atoms with E-state index in [9.17, 15) is 0 Å². The standard InChI is InChI=1S/C12H15NS/c1-8-6-10(8)13-11-7-14-12-5-3-2-4-9(11)12/h2-5,8,10-11,13H,6-7H2,1H3. The highest BCUT2D eigenvalue weighted by molar-refractivity contribution is 7.99. The largest absolute Gasteiger partial charge is 0.306 e. The van der Waals surface area contributed by atoms with Crippen molar-refractivity contribution in [2.24, 2.45) is 5.92 Å². The summed E-state index contributed by atoms with van der Waals surface area (Å²) in [6.07, 6.45) is 1.36. The molecule has 0 radical (unpaired) electrons. The third-order valence-electron chi connectivity index (χ3n) is 3.22. The van der Waals surface area contributed by atoms with Crippen LogP contribution in [0.2, 0.25) is 0 Å². The molecule has 3 atom stereocenters. The van der Waals surface area contributed by atoms with Crippen LogP contribution in [0.1, 0.15) is 24.9 Å². The zero-order valence-electron chi connectivity index (χ0n) is 8.36. The minimum Gasteiger partial charge on any atom is -0.306 e. The highest BCUT2D eigenvalue weighted by Crippen LogP contribution is 2.40. The molecule has 3 unspecified atom stereocenters. The van der Waals surface area contributed by atoms with E-state index in [0.29, 0.717) is 6.04 Å². The van der Waals surface area contributed by atoms with Gasteiger partial charge in [0.05, 0.1) is 0 Å². The van der Waals surface area contributed by atoms with Crippen LogP contribution in [-0.2, 0) is 0 Å². The molecule has 1 aliphatic heterocycles. The van der Waals surface area contributed by atoms with Gasteiger partial charge >= 0.3 is 0 Å². The van der Waals surface area contributed by atoms with Gasteiger partial charge in [-0.1, -0.05) is 25.1 Å². The van der Waals surface area contributed by atoms with E-state index in [0.717, 1.165) is 12.0 Å². The number of hydrogen-bond acceptors (Lipinski definition) is 2. The van der Waals surface area contributed by atoms with E-state index < -0.39 is 0 Å². The Morgan fingerprint density at radius 3 is 2.93 bits per heavy atom. The summed E-state index contributed by atoms with van der Waals surface area (Å²) in [5.41, 5.74) is 1.51. The number of nitrogens with one attached hydrogen (secondary N) is 1. The second-order valence-corrected chi connectivity index (χ2v) is 5.45. The molecule has 0 aromatic heterocycles. The Labute approximate surface area is 89.3 Å². The van der Waals surface area contributed by atoms with Crippen molar-refractivity contribution in [3.05, 3.63) is 29.8 Å². The van der Waals surface area contributed by atoms with E-state index in [1.807, 2.05) is 11.8 Å². The first-order valence-electron chi connectivity index (χ1n) is 5.32. The zero-order chi connectivity index (χ0) is 9.54. The van der Waals surface area contributed by atoms with Gasteiger partial charge in [-0.3, -0.25) is 0 Å². The molecule has 1 nitrogen and oxygen atoms in total. The van der Waals surface area contributed by atoms with Crippen molar-refractivity contribution in [2.75, 3.05) is 5.75 Å². The van der Waals surface area contributed by atoms with E-state index >= 15 is 0 Å². The summed E-state index contributed by atoms with van der Waals surface area (Å²) in [4.78, 5) is 1.47. The lowest BCUT2D eigenvalue weighted by molar-refractivity contribution is 0.560. The molecule has 14 heavy (non-hydrogen) atoms. The second kappa shape index (κ2) is 3.28. The van der Waals surface area contributed by atoms with Gasteiger partial charge in [-0.15, -0.1) is 11.8 Å².